The van der Waals surface area contributed by atoms with Gasteiger partial charge in [0.25, 0.3) is 0 Å². The van der Waals surface area contributed by atoms with Crippen LogP contribution in [0.25, 0.3) is 0 Å². The number of aliphatic imine (C=N–C) groups is 1. The maximum atomic E-state index is 12.0. The van der Waals surface area contributed by atoms with Gasteiger partial charge in [-0.15, -0.1) is 0 Å². The molecule has 5 atom stereocenters. The SMILES string of the molecule is CCC(CC)OC(=O)OC[C@@]1(C#N)O[C@@H](C2(C)CC=C3C(N)=NC=NN32)[C@H](O)[C@@H]1O. The lowest BCUT2D eigenvalue weighted by atomic mass is 9.86. The normalized spacial score (nSPS) is 35.0. The van der Waals surface area contributed by atoms with Crippen LogP contribution < -0.4 is 5.73 Å². The molecule has 3 aliphatic rings. The third kappa shape index (κ3) is 3.51. The molecule has 0 aromatic rings. The molecule has 0 spiro atoms. The number of nitrogens with zero attached hydrogens (tertiary/aromatic N) is 4. The van der Waals surface area contributed by atoms with Gasteiger partial charge >= 0.3 is 6.16 Å². The van der Waals surface area contributed by atoms with Gasteiger partial charge in [0.2, 0.25) is 5.60 Å². The number of hydrazone groups is 1. The lowest BCUT2D eigenvalue weighted by Crippen LogP contribution is -2.55. The number of nitriles is 1. The average molecular weight is 421 g/mol. The van der Waals surface area contributed by atoms with E-state index in [0.717, 1.165) is 0 Å². The van der Waals surface area contributed by atoms with E-state index in [4.69, 9.17) is 19.9 Å². The summed E-state index contributed by atoms with van der Waals surface area (Å²) in [4.78, 5) is 15.9. The van der Waals surface area contributed by atoms with Crippen LogP contribution in [-0.2, 0) is 14.2 Å². The standard InChI is InChI=1S/C19H27N5O6/c1-4-11(5-2)29-17(27)28-9-19(8-20)14(26)13(25)15(30-19)18(3)7-6-12-16(21)22-10-23-24(12)18/h6,10-11,13-15,25-26H,4-5,7,9H2,1-3H3,(H2,21,22,23)/t13-,14+,15-,18?,19-/m1/s1. The summed E-state index contributed by atoms with van der Waals surface area (Å²) in [7, 11) is 0. The third-order valence-corrected chi connectivity index (χ3v) is 5.88. The first-order chi connectivity index (χ1) is 14.2. The minimum absolute atomic E-state index is 0.265. The van der Waals surface area contributed by atoms with Gasteiger partial charge in [-0.05, 0) is 26.2 Å². The Hall–Kier alpha value is -2.68. The van der Waals surface area contributed by atoms with Gasteiger partial charge in [0.05, 0.1) is 11.2 Å². The molecule has 4 N–H and O–H groups in total. The highest BCUT2D eigenvalue weighted by Crippen LogP contribution is 2.45. The van der Waals surface area contributed by atoms with E-state index in [9.17, 15) is 20.3 Å². The molecular weight excluding hydrogens is 394 g/mol. The average Bonchev–Trinajstić information content (AvgIpc) is 3.22. The molecule has 30 heavy (non-hydrogen) atoms. The zero-order chi connectivity index (χ0) is 22.1. The highest BCUT2D eigenvalue weighted by molar-refractivity contribution is 6.02. The summed E-state index contributed by atoms with van der Waals surface area (Å²) in [5.41, 5.74) is 3.56. The third-order valence-electron chi connectivity index (χ3n) is 5.88. The van der Waals surface area contributed by atoms with Crippen LogP contribution >= 0.6 is 0 Å². The number of aliphatic hydroxyl groups is 2. The molecule has 164 valence electrons. The van der Waals surface area contributed by atoms with Gasteiger partial charge in [0, 0.05) is 0 Å². The predicted octanol–water partition coefficient (Wildman–Crippen LogP) is 0.374. The molecule has 0 amide bonds. The fraction of sp³-hybridized carbons (Fsp3) is 0.684. The van der Waals surface area contributed by atoms with Crippen molar-refractivity contribution in [2.75, 3.05) is 6.61 Å². The van der Waals surface area contributed by atoms with Crippen molar-refractivity contribution in [3.8, 4) is 6.07 Å². The van der Waals surface area contributed by atoms with E-state index in [1.54, 1.807) is 18.0 Å². The number of carbonyl (C=O) groups excluding carboxylic acids is 1. The summed E-state index contributed by atoms with van der Waals surface area (Å²) < 4.78 is 16.1. The summed E-state index contributed by atoms with van der Waals surface area (Å²) in [6.07, 6.45) is -0.661. The van der Waals surface area contributed by atoms with E-state index in [0.29, 0.717) is 25.0 Å². The second-order valence-electron chi connectivity index (χ2n) is 7.78. The molecule has 3 heterocycles. The van der Waals surface area contributed by atoms with Crippen LogP contribution in [0.1, 0.15) is 40.0 Å². The van der Waals surface area contributed by atoms with Crippen LogP contribution in [0.4, 0.5) is 4.79 Å². The van der Waals surface area contributed by atoms with E-state index in [-0.39, 0.29) is 11.9 Å². The van der Waals surface area contributed by atoms with E-state index >= 15 is 0 Å². The summed E-state index contributed by atoms with van der Waals surface area (Å²) >= 11 is 0. The van der Waals surface area contributed by atoms with E-state index in [2.05, 4.69) is 10.1 Å². The molecule has 0 bridgehead atoms. The van der Waals surface area contributed by atoms with Gasteiger partial charge in [-0.25, -0.2) is 9.79 Å². The van der Waals surface area contributed by atoms with Gasteiger partial charge in [0.1, 0.15) is 43.4 Å². The fourth-order valence-electron chi connectivity index (χ4n) is 3.94. The van der Waals surface area contributed by atoms with Crippen molar-refractivity contribution in [1.82, 2.24) is 5.01 Å². The number of hydrogen-bond acceptors (Lipinski definition) is 11. The van der Waals surface area contributed by atoms with Crippen molar-refractivity contribution < 1.29 is 29.2 Å². The number of hydrogen-bond donors (Lipinski definition) is 3. The first-order valence-corrected chi connectivity index (χ1v) is 9.87. The van der Waals surface area contributed by atoms with E-state index < -0.39 is 42.2 Å². The molecule has 0 saturated carbocycles. The van der Waals surface area contributed by atoms with E-state index in [1.165, 1.54) is 6.34 Å². The van der Waals surface area contributed by atoms with Crippen molar-refractivity contribution in [3.63, 3.8) is 0 Å². The molecule has 1 unspecified atom stereocenters. The molecule has 0 aliphatic carbocycles. The Morgan fingerprint density at radius 3 is 2.83 bits per heavy atom. The highest BCUT2D eigenvalue weighted by atomic mass is 16.7. The molecule has 0 aromatic carbocycles. The van der Waals surface area contributed by atoms with Crippen LogP contribution in [-0.4, -0.2) is 75.7 Å². The van der Waals surface area contributed by atoms with Crippen LogP contribution in [0, 0.1) is 11.3 Å². The Bertz CT molecular complexity index is 819. The highest BCUT2D eigenvalue weighted by Gasteiger charge is 2.63. The maximum absolute atomic E-state index is 12.0. The van der Waals surface area contributed by atoms with Crippen LogP contribution in [0.2, 0.25) is 0 Å². The molecule has 11 heteroatoms. The zero-order valence-electron chi connectivity index (χ0n) is 17.2. The van der Waals surface area contributed by atoms with Crippen LogP contribution in [0.15, 0.2) is 21.9 Å². The Labute approximate surface area is 174 Å². The van der Waals surface area contributed by atoms with Gasteiger partial charge in [-0.3, -0.25) is 5.01 Å². The Kier molecular flexibility index (Phi) is 6.03. The van der Waals surface area contributed by atoms with Crippen molar-refractivity contribution in [3.05, 3.63) is 11.8 Å². The van der Waals surface area contributed by atoms with Gasteiger partial charge in [-0.1, -0.05) is 19.9 Å². The zero-order valence-corrected chi connectivity index (χ0v) is 17.2. The quantitative estimate of drug-likeness (QED) is 0.514. The molecule has 0 radical (unpaired) electrons. The largest absolute Gasteiger partial charge is 0.508 e. The van der Waals surface area contributed by atoms with Crippen molar-refractivity contribution in [1.29, 1.82) is 5.26 Å². The Morgan fingerprint density at radius 2 is 2.20 bits per heavy atom. The van der Waals surface area contributed by atoms with Gasteiger partial charge in [-0.2, -0.15) is 10.4 Å². The Balaban J connectivity index is 1.75. The van der Waals surface area contributed by atoms with Crippen molar-refractivity contribution in [2.45, 2.75) is 75.6 Å². The molecule has 3 aliphatic heterocycles. The molecule has 1 saturated heterocycles. The minimum atomic E-state index is -1.96. The summed E-state index contributed by atoms with van der Waals surface area (Å²) in [5, 5.41) is 36.9. The molecule has 0 aromatic heterocycles. The first-order valence-electron chi connectivity index (χ1n) is 9.87. The predicted molar refractivity (Wildman–Crippen MR) is 105 cm³/mol. The number of aliphatic hydroxyl groups excluding tert-OH is 2. The Morgan fingerprint density at radius 1 is 1.50 bits per heavy atom. The van der Waals surface area contributed by atoms with E-state index in [1.807, 2.05) is 19.9 Å². The molecular formula is C19H27N5O6. The van der Waals surface area contributed by atoms with Crippen molar-refractivity contribution >= 4 is 18.3 Å². The van der Waals surface area contributed by atoms with Crippen LogP contribution in [0.3, 0.4) is 0 Å². The number of amidine groups is 1. The second kappa shape index (κ2) is 8.22. The number of nitrogens with two attached hydrogens (primary N) is 1. The maximum Gasteiger partial charge on any atom is 0.508 e. The molecule has 1 fully saturated rings. The smallest absolute Gasteiger partial charge is 0.431 e. The number of rotatable bonds is 6. The number of carbonyl (C=O) groups is 1. The molecule has 3 rings (SSSR count). The molecule has 11 nitrogen and oxygen atoms in total. The monoisotopic (exact) mass is 421 g/mol. The number of ether oxygens (including phenoxy) is 3. The lowest BCUT2D eigenvalue weighted by Gasteiger charge is -2.40. The lowest BCUT2D eigenvalue weighted by molar-refractivity contribution is -0.116. The van der Waals surface area contributed by atoms with Crippen molar-refractivity contribution in [2.24, 2.45) is 15.8 Å². The van der Waals surface area contributed by atoms with Gasteiger partial charge < -0.3 is 30.2 Å². The summed E-state index contributed by atoms with van der Waals surface area (Å²) in [5.74, 6) is 0.265. The number of fused-ring (bicyclic) bond motifs is 1. The topological polar surface area (TPSA) is 163 Å². The van der Waals surface area contributed by atoms with Gasteiger partial charge in [0.15, 0.2) is 5.84 Å². The van der Waals surface area contributed by atoms with Crippen LogP contribution in [0.5, 0.6) is 0 Å². The minimum Gasteiger partial charge on any atom is -0.431 e. The summed E-state index contributed by atoms with van der Waals surface area (Å²) in [6, 6.07) is 1.86. The fourth-order valence-corrected chi connectivity index (χ4v) is 3.94. The first kappa shape index (κ1) is 22.0. The summed E-state index contributed by atoms with van der Waals surface area (Å²) in [6.45, 7) is 4.91. The second-order valence-corrected chi connectivity index (χ2v) is 7.78.